The molecule has 0 spiro atoms. The number of ether oxygens (including phenoxy) is 2. The lowest BCUT2D eigenvalue weighted by Crippen LogP contribution is -2.49. The Labute approximate surface area is 230 Å². The second-order valence-electron chi connectivity index (χ2n) is 9.85. The summed E-state index contributed by atoms with van der Waals surface area (Å²) in [6.07, 6.45) is 5.50. The summed E-state index contributed by atoms with van der Waals surface area (Å²) >= 11 is 0. The van der Waals surface area contributed by atoms with Crippen LogP contribution in [0.4, 0.5) is 8.78 Å². The molecule has 8 heteroatoms. The molecular formula is C31H40F2N2O4. The van der Waals surface area contributed by atoms with Crippen molar-refractivity contribution >= 4 is 5.91 Å². The third-order valence-corrected chi connectivity index (χ3v) is 6.69. The minimum Gasteiger partial charge on any atom is -0.494 e. The van der Waals surface area contributed by atoms with Gasteiger partial charge in [0, 0.05) is 25.1 Å². The van der Waals surface area contributed by atoms with Gasteiger partial charge in [0.2, 0.25) is 5.91 Å². The third-order valence-electron chi connectivity index (χ3n) is 6.69. The smallest absolute Gasteiger partial charge is 0.220 e. The van der Waals surface area contributed by atoms with Crippen LogP contribution in [0.2, 0.25) is 0 Å². The lowest BCUT2D eigenvalue weighted by molar-refractivity contribution is -0.122. The van der Waals surface area contributed by atoms with Crippen molar-refractivity contribution in [3.05, 3.63) is 90.0 Å². The number of carbonyl (C=O) groups excluding carboxylic acids is 1. The fraction of sp³-hybridized carbons (Fsp3) is 0.452. The number of carbonyl (C=O) groups is 1. The van der Waals surface area contributed by atoms with Crippen LogP contribution < -0.4 is 15.4 Å². The summed E-state index contributed by atoms with van der Waals surface area (Å²) in [5.74, 6) is -0.879. The van der Waals surface area contributed by atoms with Gasteiger partial charge in [-0.1, -0.05) is 25.1 Å². The second kappa shape index (κ2) is 15.5. The van der Waals surface area contributed by atoms with Gasteiger partial charge in [0.25, 0.3) is 0 Å². The molecule has 0 radical (unpaired) electrons. The monoisotopic (exact) mass is 542 g/mol. The van der Waals surface area contributed by atoms with E-state index in [4.69, 9.17) is 9.47 Å². The highest BCUT2D eigenvalue weighted by atomic mass is 19.1. The van der Waals surface area contributed by atoms with Crippen molar-refractivity contribution in [1.82, 2.24) is 10.6 Å². The molecule has 0 aromatic heterocycles. The number of nitrogens with one attached hydrogen (secondary N) is 2. The average Bonchev–Trinajstić information content (AvgIpc) is 3.25. The highest BCUT2D eigenvalue weighted by molar-refractivity contribution is 5.76. The zero-order valence-corrected chi connectivity index (χ0v) is 22.6. The Morgan fingerprint density at radius 2 is 1.92 bits per heavy atom. The molecule has 39 heavy (non-hydrogen) atoms. The van der Waals surface area contributed by atoms with Gasteiger partial charge in [0.1, 0.15) is 17.4 Å². The number of benzene rings is 2. The molecule has 6 nitrogen and oxygen atoms in total. The summed E-state index contributed by atoms with van der Waals surface area (Å²) in [6, 6.07) is 8.31. The summed E-state index contributed by atoms with van der Waals surface area (Å²) in [5, 5.41) is 17.4. The molecule has 1 amide bonds. The molecule has 2 aromatic carbocycles. The highest BCUT2D eigenvalue weighted by Gasteiger charge is 2.33. The SMILES string of the molecule is C=CCCCC(=O)N[C@@H](Cc1cc(F)cc(F)c1)[C@H](O)CN[C@H]1C[C@@H](OCC=C)c2ccc(OCCC)cc21. The van der Waals surface area contributed by atoms with Crippen molar-refractivity contribution in [2.75, 3.05) is 19.8 Å². The van der Waals surface area contributed by atoms with Crippen LogP contribution in [0.15, 0.2) is 61.7 Å². The van der Waals surface area contributed by atoms with E-state index in [-0.39, 0.29) is 37.4 Å². The Kier molecular flexibility index (Phi) is 12.1. The first-order valence-electron chi connectivity index (χ1n) is 13.6. The van der Waals surface area contributed by atoms with Crippen molar-refractivity contribution in [3.63, 3.8) is 0 Å². The molecule has 0 saturated heterocycles. The molecule has 3 N–H and O–H groups in total. The summed E-state index contributed by atoms with van der Waals surface area (Å²) in [6.45, 7) is 10.6. The molecule has 2 aromatic rings. The number of allylic oxidation sites excluding steroid dienone is 1. The van der Waals surface area contributed by atoms with Crippen LogP contribution in [0, 0.1) is 11.6 Å². The summed E-state index contributed by atoms with van der Waals surface area (Å²) in [7, 11) is 0. The van der Waals surface area contributed by atoms with E-state index in [1.807, 2.05) is 25.1 Å². The fourth-order valence-corrected chi connectivity index (χ4v) is 4.82. The van der Waals surface area contributed by atoms with E-state index in [0.29, 0.717) is 38.0 Å². The van der Waals surface area contributed by atoms with Gasteiger partial charge in [-0.05, 0) is 73.1 Å². The minimum atomic E-state index is -1.02. The zero-order chi connectivity index (χ0) is 28.2. The van der Waals surface area contributed by atoms with E-state index in [9.17, 15) is 18.7 Å². The fourth-order valence-electron chi connectivity index (χ4n) is 4.82. The molecule has 3 rings (SSSR count). The first kappa shape index (κ1) is 30.5. The van der Waals surface area contributed by atoms with Crippen molar-refractivity contribution in [2.24, 2.45) is 0 Å². The van der Waals surface area contributed by atoms with Gasteiger partial charge in [-0.25, -0.2) is 8.78 Å². The first-order chi connectivity index (χ1) is 18.8. The molecule has 1 aliphatic carbocycles. The van der Waals surface area contributed by atoms with Gasteiger partial charge in [0.15, 0.2) is 0 Å². The first-order valence-corrected chi connectivity index (χ1v) is 13.6. The van der Waals surface area contributed by atoms with Crippen LogP contribution in [-0.4, -0.2) is 42.9 Å². The van der Waals surface area contributed by atoms with Gasteiger partial charge < -0.3 is 25.2 Å². The minimum absolute atomic E-state index is 0.0755. The molecule has 0 bridgehead atoms. The Morgan fingerprint density at radius 1 is 1.15 bits per heavy atom. The predicted octanol–water partition coefficient (Wildman–Crippen LogP) is 5.48. The number of amides is 1. The molecule has 212 valence electrons. The third kappa shape index (κ3) is 9.27. The van der Waals surface area contributed by atoms with E-state index in [1.54, 1.807) is 12.2 Å². The van der Waals surface area contributed by atoms with E-state index < -0.39 is 23.8 Å². The molecular weight excluding hydrogens is 502 g/mol. The number of fused-ring (bicyclic) bond motifs is 1. The molecule has 0 unspecified atom stereocenters. The number of rotatable bonds is 17. The predicted molar refractivity (Wildman–Crippen MR) is 149 cm³/mol. The largest absolute Gasteiger partial charge is 0.494 e. The van der Waals surface area contributed by atoms with Gasteiger partial charge in [-0.15, -0.1) is 13.2 Å². The van der Waals surface area contributed by atoms with Gasteiger partial charge >= 0.3 is 0 Å². The topological polar surface area (TPSA) is 79.8 Å². The van der Waals surface area contributed by atoms with Gasteiger partial charge in [-0.3, -0.25) is 4.79 Å². The molecule has 1 aliphatic rings. The van der Waals surface area contributed by atoms with Crippen LogP contribution >= 0.6 is 0 Å². The van der Waals surface area contributed by atoms with Crippen molar-refractivity contribution in [1.29, 1.82) is 0 Å². The van der Waals surface area contributed by atoms with Gasteiger partial charge in [0.05, 0.1) is 31.5 Å². The van der Waals surface area contributed by atoms with Crippen molar-refractivity contribution in [2.45, 2.75) is 69.7 Å². The summed E-state index contributed by atoms with van der Waals surface area (Å²) in [4.78, 5) is 12.6. The number of hydrogen-bond acceptors (Lipinski definition) is 5. The van der Waals surface area contributed by atoms with Gasteiger partial charge in [-0.2, -0.15) is 0 Å². The molecule has 0 saturated carbocycles. The maximum Gasteiger partial charge on any atom is 0.220 e. The number of hydrogen-bond donors (Lipinski definition) is 3. The van der Waals surface area contributed by atoms with Crippen LogP contribution in [0.25, 0.3) is 0 Å². The van der Waals surface area contributed by atoms with Crippen LogP contribution in [0.3, 0.4) is 0 Å². The van der Waals surface area contributed by atoms with Crippen molar-refractivity contribution < 1.29 is 28.2 Å². The van der Waals surface area contributed by atoms with Crippen molar-refractivity contribution in [3.8, 4) is 5.75 Å². The normalized spacial score (nSPS) is 17.7. The maximum atomic E-state index is 13.8. The van der Waals surface area contributed by atoms with E-state index in [1.165, 1.54) is 12.1 Å². The molecule has 0 fully saturated rings. The van der Waals surface area contributed by atoms with Crippen LogP contribution in [0.5, 0.6) is 5.75 Å². The van der Waals surface area contributed by atoms with E-state index in [0.717, 1.165) is 29.4 Å². The zero-order valence-electron chi connectivity index (χ0n) is 22.6. The van der Waals surface area contributed by atoms with Crippen LogP contribution in [-0.2, 0) is 16.0 Å². The maximum absolute atomic E-state index is 13.8. The second-order valence-corrected chi connectivity index (χ2v) is 9.85. The highest BCUT2D eigenvalue weighted by Crippen LogP contribution is 2.42. The molecule has 0 heterocycles. The van der Waals surface area contributed by atoms with E-state index >= 15 is 0 Å². The Hall–Kier alpha value is -3.07. The number of aliphatic hydroxyl groups is 1. The lowest BCUT2D eigenvalue weighted by atomic mass is 9.99. The lowest BCUT2D eigenvalue weighted by Gasteiger charge is -2.26. The summed E-state index contributed by atoms with van der Waals surface area (Å²) < 4.78 is 39.5. The number of unbranched alkanes of at least 4 members (excludes halogenated alkanes) is 1. The summed E-state index contributed by atoms with van der Waals surface area (Å²) in [5.41, 5.74) is 2.43. The quantitative estimate of drug-likeness (QED) is 0.182. The Bertz CT molecular complexity index is 1090. The number of aliphatic hydroxyl groups excluding tert-OH is 1. The Morgan fingerprint density at radius 3 is 2.62 bits per heavy atom. The average molecular weight is 543 g/mol. The van der Waals surface area contributed by atoms with E-state index in [2.05, 4.69) is 23.8 Å². The number of halogens is 2. The Balaban J connectivity index is 1.74. The molecule has 4 atom stereocenters. The van der Waals surface area contributed by atoms with Crippen LogP contribution in [0.1, 0.15) is 67.9 Å². The standard InChI is InChI=1S/C31H40F2N2O4/c1-4-7-8-9-31(37)35-28(16-21-14-22(32)17-23(33)15-21)29(36)20-34-27-19-30(39-13-6-3)25-11-10-24(18-26(25)27)38-12-5-2/h4,6,10-11,14-15,17-18,27-30,34,36H,1,3,5,7-9,12-13,16,19-20H2,2H3,(H,35,37)/t27-,28-,29+,30+/m0/s1. The molecule has 0 aliphatic heterocycles.